The topological polar surface area (TPSA) is 77.3 Å². The number of halogens is 2. The van der Waals surface area contributed by atoms with Crippen molar-refractivity contribution >= 4 is 51.9 Å². The van der Waals surface area contributed by atoms with E-state index in [2.05, 4.69) is 0 Å². The minimum absolute atomic E-state index is 0.00995. The van der Waals surface area contributed by atoms with Crippen molar-refractivity contribution in [2.24, 2.45) is 0 Å². The molecule has 0 aliphatic carbocycles. The standard InChI is InChI=1S/C9H5ClINO4/c10-3-8(14)9-5(4-13)1-6(11)2-7(9)12(15)16/h1-2,4H,3H2. The normalized spacial score (nSPS) is 9.88. The van der Waals surface area contributed by atoms with Gasteiger partial charge in [0, 0.05) is 15.2 Å². The van der Waals surface area contributed by atoms with E-state index in [1.165, 1.54) is 12.1 Å². The molecule has 0 saturated heterocycles. The highest BCUT2D eigenvalue weighted by Crippen LogP contribution is 2.25. The summed E-state index contributed by atoms with van der Waals surface area (Å²) in [4.78, 5) is 32.2. The monoisotopic (exact) mass is 353 g/mol. The van der Waals surface area contributed by atoms with Crippen LogP contribution >= 0.6 is 34.2 Å². The second-order valence-corrected chi connectivity index (χ2v) is 4.33. The lowest BCUT2D eigenvalue weighted by molar-refractivity contribution is -0.385. The summed E-state index contributed by atoms with van der Waals surface area (Å²) >= 11 is 7.17. The van der Waals surface area contributed by atoms with Crippen LogP contribution in [0.25, 0.3) is 0 Å². The summed E-state index contributed by atoms with van der Waals surface area (Å²) in [6, 6.07) is 2.63. The van der Waals surface area contributed by atoms with E-state index in [0.29, 0.717) is 9.86 Å². The molecule has 7 heteroatoms. The lowest BCUT2D eigenvalue weighted by Gasteiger charge is -2.04. The molecule has 0 saturated carbocycles. The maximum atomic E-state index is 11.4. The number of alkyl halides is 1. The van der Waals surface area contributed by atoms with Crippen LogP contribution in [-0.4, -0.2) is 22.9 Å². The lowest BCUT2D eigenvalue weighted by Crippen LogP contribution is -2.09. The Hall–Kier alpha value is -1.02. The van der Waals surface area contributed by atoms with Gasteiger partial charge in [0.2, 0.25) is 0 Å². The molecule has 1 aromatic carbocycles. The highest BCUT2D eigenvalue weighted by molar-refractivity contribution is 14.1. The molecule has 0 amide bonds. The Morgan fingerprint density at radius 1 is 1.56 bits per heavy atom. The van der Waals surface area contributed by atoms with Crippen molar-refractivity contribution in [3.63, 3.8) is 0 Å². The third-order valence-corrected chi connectivity index (χ3v) is 2.70. The molecule has 0 heterocycles. The third-order valence-electron chi connectivity index (χ3n) is 1.84. The largest absolute Gasteiger partial charge is 0.298 e. The van der Waals surface area contributed by atoms with Gasteiger partial charge in [-0.25, -0.2) is 0 Å². The summed E-state index contributed by atoms with van der Waals surface area (Å²) in [5.74, 6) is -1.03. The van der Waals surface area contributed by atoms with Gasteiger partial charge in [-0.05, 0) is 28.7 Å². The van der Waals surface area contributed by atoms with E-state index in [9.17, 15) is 19.7 Å². The summed E-state index contributed by atoms with van der Waals surface area (Å²) in [5.41, 5.74) is -0.626. The Kier molecular flexibility index (Phi) is 4.36. The van der Waals surface area contributed by atoms with E-state index in [4.69, 9.17) is 11.6 Å². The summed E-state index contributed by atoms with van der Waals surface area (Å²) < 4.78 is 0.512. The van der Waals surface area contributed by atoms with Gasteiger partial charge in [-0.3, -0.25) is 19.7 Å². The van der Waals surface area contributed by atoms with Crippen molar-refractivity contribution in [2.75, 3.05) is 5.88 Å². The number of Topliss-reactive ketones (excluding diaryl/α,β-unsaturated/α-hetero) is 1. The van der Waals surface area contributed by atoms with Crippen LogP contribution in [-0.2, 0) is 0 Å². The zero-order valence-corrected chi connectivity index (χ0v) is 10.7. The Labute approximate surface area is 109 Å². The molecule has 0 unspecified atom stereocenters. The van der Waals surface area contributed by atoms with Crippen molar-refractivity contribution < 1.29 is 14.5 Å². The predicted molar refractivity (Wildman–Crippen MR) is 66.3 cm³/mol. The number of rotatable bonds is 4. The number of nitro benzene ring substituents is 1. The fraction of sp³-hybridized carbons (Fsp3) is 0.111. The van der Waals surface area contributed by atoms with E-state index in [-0.39, 0.29) is 16.8 Å². The summed E-state index contributed by atoms with van der Waals surface area (Å²) in [7, 11) is 0. The third kappa shape index (κ3) is 2.56. The van der Waals surface area contributed by atoms with E-state index in [0.717, 1.165) is 0 Å². The minimum Gasteiger partial charge on any atom is -0.298 e. The van der Waals surface area contributed by atoms with Gasteiger partial charge in [0.15, 0.2) is 12.1 Å². The van der Waals surface area contributed by atoms with E-state index >= 15 is 0 Å². The van der Waals surface area contributed by atoms with Gasteiger partial charge in [0.25, 0.3) is 5.69 Å². The number of hydrogen-bond donors (Lipinski definition) is 0. The SMILES string of the molecule is O=Cc1cc(I)cc([N+](=O)[O-])c1C(=O)CCl. The smallest absolute Gasteiger partial charge is 0.282 e. The molecule has 0 aliphatic rings. The fourth-order valence-electron chi connectivity index (χ4n) is 1.22. The molecule has 16 heavy (non-hydrogen) atoms. The predicted octanol–water partition coefficient (Wildman–Crippen LogP) is 2.43. The molecule has 84 valence electrons. The van der Waals surface area contributed by atoms with Crippen LogP contribution in [0.5, 0.6) is 0 Å². The molecule has 0 spiro atoms. The zero-order chi connectivity index (χ0) is 12.3. The second-order valence-electron chi connectivity index (χ2n) is 2.82. The van der Waals surface area contributed by atoms with Crippen molar-refractivity contribution in [1.82, 2.24) is 0 Å². The highest BCUT2D eigenvalue weighted by atomic mass is 127. The minimum atomic E-state index is -0.699. The molecule has 0 fully saturated rings. The van der Waals surface area contributed by atoms with E-state index < -0.39 is 16.6 Å². The zero-order valence-electron chi connectivity index (χ0n) is 7.78. The lowest BCUT2D eigenvalue weighted by atomic mass is 10.0. The first-order valence-corrected chi connectivity index (χ1v) is 5.65. The van der Waals surface area contributed by atoms with E-state index in [1.54, 1.807) is 0 Å². The van der Waals surface area contributed by atoms with Crippen LogP contribution in [0.1, 0.15) is 20.7 Å². The summed E-state index contributed by atoms with van der Waals surface area (Å²) in [6.07, 6.45) is 0.412. The molecular formula is C9H5ClINO4. The van der Waals surface area contributed by atoms with Crippen LogP contribution < -0.4 is 0 Å². The second kappa shape index (κ2) is 5.35. The number of benzene rings is 1. The van der Waals surface area contributed by atoms with Gasteiger partial charge in [-0.2, -0.15) is 0 Å². The molecule has 0 aliphatic heterocycles. The molecule has 5 nitrogen and oxygen atoms in total. The number of hydrogen-bond acceptors (Lipinski definition) is 4. The summed E-state index contributed by atoms with van der Waals surface area (Å²) in [6.45, 7) is 0. The number of ketones is 1. The molecule has 0 atom stereocenters. The number of nitro groups is 1. The number of nitrogens with zero attached hydrogens (tertiary/aromatic N) is 1. The highest BCUT2D eigenvalue weighted by Gasteiger charge is 2.24. The quantitative estimate of drug-likeness (QED) is 0.208. The molecule has 0 aromatic heterocycles. The molecule has 1 rings (SSSR count). The number of carbonyl (C=O) groups excluding carboxylic acids is 2. The van der Waals surface area contributed by atoms with Crippen LogP contribution in [0, 0.1) is 13.7 Å². The summed E-state index contributed by atoms with van der Waals surface area (Å²) in [5, 5.41) is 10.8. The van der Waals surface area contributed by atoms with Gasteiger partial charge in [-0.1, -0.05) is 0 Å². The molecule has 0 bridgehead atoms. The molecule has 0 radical (unpaired) electrons. The molecule has 0 N–H and O–H groups in total. The maximum absolute atomic E-state index is 11.4. The first kappa shape index (κ1) is 13.0. The van der Waals surface area contributed by atoms with Crippen molar-refractivity contribution in [3.05, 3.63) is 36.9 Å². The maximum Gasteiger partial charge on any atom is 0.282 e. The van der Waals surface area contributed by atoms with Gasteiger partial charge >= 0.3 is 0 Å². The van der Waals surface area contributed by atoms with Crippen molar-refractivity contribution in [1.29, 1.82) is 0 Å². The average Bonchev–Trinajstić information content (AvgIpc) is 2.26. The van der Waals surface area contributed by atoms with E-state index in [1.807, 2.05) is 22.6 Å². The fourth-order valence-corrected chi connectivity index (χ4v) is 1.98. The van der Waals surface area contributed by atoms with Crippen LogP contribution in [0.15, 0.2) is 12.1 Å². The molecule has 1 aromatic rings. The van der Waals surface area contributed by atoms with Crippen LogP contribution in [0.3, 0.4) is 0 Å². The van der Waals surface area contributed by atoms with Gasteiger partial charge in [-0.15, -0.1) is 11.6 Å². The average molecular weight is 353 g/mol. The van der Waals surface area contributed by atoms with Gasteiger partial charge < -0.3 is 0 Å². The molecular weight excluding hydrogens is 348 g/mol. The number of carbonyl (C=O) groups is 2. The van der Waals surface area contributed by atoms with Crippen LogP contribution in [0.2, 0.25) is 0 Å². The van der Waals surface area contributed by atoms with Gasteiger partial charge in [0.1, 0.15) is 5.56 Å². The van der Waals surface area contributed by atoms with Crippen molar-refractivity contribution in [3.8, 4) is 0 Å². The Morgan fingerprint density at radius 3 is 2.62 bits per heavy atom. The Bertz CT molecular complexity index is 475. The Balaban J connectivity index is 3.57. The number of aldehydes is 1. The van der Waals surface area contributed by atoms with Crippen molar-refractivity contribution in [2.45, 2.75) is 0 Å². The first-order chi connectivity index (χ1) is 7.51. The van der Waals surface area contributed by atoms with Gasteiger partial charge in [0.05, 0.1) is 10.8 Å². The van der Waals surface area contributed by atoms with Crippen LogP contribution in [0.4, 0.5) is 5.69 Å². The Morgan fingerprint density at radius 2 is 2.19 bits per heavy atom. The first-order valence-electron chi connectivity index (χ1n) is 4.03.